The van der Waals surface area contributed by atoms with Gasteiger partial charge in [0, 0.05) is 6.42 Å². The van der Waals surface area contributed by atoms with Gasteiger partial charge in [-0.2, -0.15) is 0 Å². The molecule has 84 valence electrons. The molecule has 2 nitrogen and oxygen atoms in total. The largest absolute Gasteiger partial charge is 0.482 e. The van der Waals surface area contributed by atoms with E-state index in [0.29, 0.717) is 0 Å². The highest BCUT2D eigenvalue weighted by Gasteiger charge is 2.38. The van der Waals surface area contributed by atoms with E-state index in [1.165, 1.54) is 13.8 Å². The first-order valence-corrected chi connectivity index (χ1v) is 4.64. The highest BCUT2D eigenvalue weighted by atomic mass is 19.4. The smallest absolute Gasteiger partial charge is 0.466 e. The van der Waals surface area contributed by atoms with Gasteiger partial charge in [0.2, 0.25) is 0 Å². The summed E-state index contributed by atoms with van der Waals surface area (Å²) in [5.74, 6) is -2.90. The van der Waals surface area contributed by atoms with Crippen LogP contribution in [0.1, 0.15) is 27.2 Å². The summed E-state index contributed by atoms with van der Waals surface area (Å²) in [6.45, 7) is -0.362. The number of ether oxygens (including phenoxy) is 1. The Morgan fingerprint density at radius 3 is 2.14 bits per heavy atom. The summed E-state index contributed by atoms with van der Waals surface area (Å²) < 4.78 is 41.8. The number of hydrogen-bond donors (Lipinski definition) is 0. The van der Waals surface area contributed by atoms with E-state index in [-0.39, 0.29) is 6.61 Å². The zero-order valence-electron chi connectivity index (χ0n) is 8.60. The second-order valence-corrected chi connectivity index (χ2v) is 3.54. The summed E-state index contributed by atoms with van der Waals surface area (Å²) in [5.41, 5.74) is 0. The fraction of sp³-hybridized carbons (Fsp3) is 0.875. The summed E-state index contributed by atoms with van der Waals surface area (Å²) in [5, 5.41) is 0. The first-order chi connectivity index (χ1) is 6.29. The van der Waals surface area contributed by atoms with Gasteiger partial charge in [-0.05, 0) is 6.92 Å². The average molecular weight is 211 g/mol. The van der Waals surface area contributed by atoms with Crippen LogP contribution < -0.4 is 0 Å². The molecule has 0 amide bonds. The minimum absolute atomic E-state index is 0.120. The van der Waals surface area contributed by atoms with Gasteiger partial charge in [0.15, 0.2) is 0 Å². The zero-order chi connectivity index (χ0) is 11.4. The summed E-state index contributed by atoms with van der Waals surface area (Å²) in [7, 11) is 0. The van der Waals surface area contributed by atoms with Crippen molar-refractivity contribution in [3.8, 4) is 0 Å². The fourth-order valence-corrected chi connectivity index (χ4v) is 1.22. The third kappa shape index (κ3) is 4.53. The molecular weight excluding hydrogens is 196 g/mol. The molecule has 0 aromatic heterocycles. The van der Waals surface area contributed by atoms with E-state index in [1.54, 1.807) is 6.92 Å². The van der Waals surface area contributed by atoms with Crippen LogP contribution >= 0.6 is 0 Å². The van der Waals surface area contributed by atoms with Crippen molar-refractivity contribution >= 4 is 12.9 Å². The van der Waals surface area contributed by atoms with Gasteiger partial charge in [-0.1, -0.05) is 25.6 Å². The van der Waals surface area contributed by atoms with E-state index in [4.69, 9.17) is 0 Å². The van der Waals surface area contributed by atoms with Gasteiger partial charge in [-0.3, -0.25) is 4.79 Å². The molecule has 0 saturated carbocycles. The molecule has 0 aliphatic rings. The second kappa shape index (κ2) is 5.27. The molecule has 6 heteroatoms. The number of rotatable bonds is 5. The van der Waals surface area contributed by atoms with Crippen LogP contribution in [0, 0.1) is 5.92 Å². The lowest BCUT2D eigenvalue weighted by Gasteiger charge is -2.29. The fourth-order valence-electron chi connectivity index (χ4n) is 1.22. The van der Waals surface area contributed by atoms with Crippen molar-refractivity contribution in [2.75, 3.05) is 6.61 Å². The molecule has 0 rings (SSSR count). The summed E-state index contributed by atoms with van der Waals surface area (Å²) in [6, 6.07) is 0. The van der Waals surface area contributed by atoms with Crippen molar-refractivity contribution in [1.82, 2.24) is 0 Å². The van der Waals surface area contributed by atoms with E-state index in [1.807, 2.05) is 0 Å². The molecule has 0 aliphatic carbocycles. The molecule has 0 fully saturated rings. The minimum atomic E-state index is -4.97. The Hall–Kier alpha value is -0.675. The van der Waals surface area contributed by atoms with Gasteiger partial charge in [-0.15, -0.1) is 0 Å². The molecule has 0 aliphatic heterocycles. The Bertz CT molecular complexity index is 192. The summed E-state index contributed by atoms with van der Waals surface area (Å²) >= 11 is 0. The SMILES string of the molecule is CCOC(=O)CC(C(C)C)[B-](F)(F)F. The maximum atomic E-state index is 12.4. The van der Waals surface area contributed by atoms with Crippen LogP contribution in [0.3, 0.4) is 0 Å². The number of carbonyl (C=O) groups excluding carboxylic acids is 1. The van der Waals surface area contributed by atoms with Crippen molar-refractivity contribution in [1.29, 1.82) is 0 Å². The highest BCUT2D eigenvalue weighted by Crippen LogP contribution is 2.36. The molecule has 0 spiro atoms. The molecule has 0 saturated heterocycles. The van der Waals surface area contributed by atoms with E-state index in [0.717, 1.165) is 0 Å². The molecule has 0 aromatic carbocycles. The Morgan fingerprint density at radius 1 is 1.36 bits per heavy atom. The maximum absolute atomic E-state index is 12.4. The van der Waals surface area contributed by atoms with E-state index >= 15 is 0 Å². The molecule has 0 aromatic rings. The zero-order valence-corrected chi connectivity index (χ0v) is 8.60. The highest BCUT2D eigenvalue weighted by molar-refractivity contribution is 6.60. The van der Waals surface area contributed by atoms with Crippen LogP contribution in [0.25, 0.3) is 0 Å². The van der Waals surface area contributed by atoms with Crippen molar-refractivity contribution in [3.63, 3.8) is 0 Å². The van der Waals surface area contributed by atoms with E-state index in [2.05, 4.69) is 4.74 Å². The van der Waals surface area contributed by atoms with Crippen molar-refractivity contribution in [3.05, 3.63) is 0 Å². The van der Waals surface area contributed by atoms with Gasteiger partial charge in [0.05, 0.1) is 6.61 Å². The molecule has 14 heavy (non-hydrogen) atoms. The molecule has 0 bridgehead atoms. The van der Waals surface area contributed by atoms with E-state index < -0.39 is 31.1 Å². The molecular formula is C8H15BF3O2-. The first-order valence-electron chi connectivity index (χ1n) is 4.64. The Labute approximate surface area is 81.9 Å². The lowest BCUT2D eigenvalue weighted by molar-refractivity contribution is -0.143. The number of hydrogen-bond acceptors (Lipinski definition) is 2. The standard InChI is InChI=1S/C8H15BF3O2/c1-4-14-8(13)5-7(6(2)3)9(10,11)12/h6-7H,4-5H2,1-3H3/q-1. The average Bonchev–Trinajstić information content (AvgIpc) is 1.98. The normalized spacial score (nSPS) is 14.2. The number of carbonyl (C=O) groups is 1. The number of esters is 1. The van der Waals surface area contributed by atoms with Crippen molar-refractivity contribution in [2.24, 2.45) is 5.92 Å². The topological polar surface area (TPSA) is 26.3 Å². The van der Waals surface area contributed by atoms with Gasteiger partial charge < -0.3 is 17.7 Å². The van der Waals surface area contributed by atoms with Crippen LogP contribution in [0.2, 0.25) is 5.82 Å². The van der Waals surface area contributed by atoms with Gasteiger partial charge in [-0.25, -0.2) is 0 Å². The lowest BCUT2D eigenvalue weighted by Crippen LogP contribution is -2.30. The van der Waals surface area contributed by atoms with Crippen molar-refractivity contribution in [2.45, 2.75) is 33.0 Å². The molecule has 0 radical (unpaired) electrons. The monoisotopic (exact) mass is 211 g/mol. The predicted octanol–water partition coefficient (Wildman–Crippen LogP) is 2.81. The predicted molar refractivity (Wildman–Crippen MR) is 48.9 cm³/mol. The van der Waals surface area contributed by atoms with Crippen LogP contribution in [-0.2, 0) is 9.53 Å². The first kappa shape index (κ1) is 13.3. The summed E-state index contributed by atoms with van der Waals surface area (Å²) in [4.78, 5) is 10.9. The summed E-state index contributed by atoms with van der Waals surface area (Å²) in [6.07, 6.45) is -0.561. The van der Waals surface area contributed by atoms with E-state index in [9.17, 15) is 17.7 Å². The van der Waals surface area contributed by atoms with Crippen LogP contribution in [0.5, 0.6) is 0 Å². The molecule has 0 heterocycles. The van der Waals surface area contributed by atoms with Crippen molar-refractivity contribution < 1.29 is 22.5 Å². The second-order valence-electron chi connectivity index (χ2n) is 3.54. The Morgan fingerprint density at radius 2 is 1.86 bits per heavy atom. The quantitative estimate of drug-likeness (QED) is 0.516. The Kier molecular flexibility index (Phi) is 5.01. The maximum Gasteiger partial charge on any atom is 0.482 e. The van der Waals surface area contributed by atoms with Gasteiger partial charge >= 0.3 is 12.9 Å². The van der Waals surface area contributed by atoms with Crippen LogP contribution in [-0.4, -0.2) is 19.6 Å². The third-order valence-electron chi connectivity index (χ3n) is 2.05. The van der Waals surface area contributed by atoms with Crippen LogP contribution in [0.15, 0.2) is 0 Å². The lowest BCUT2D eigenvalue weighted by atomic mass is 9.65. The molecule has 1 unspecified atom stereocenters. The molecule has 1 atom stereocenters. The van der Waals surface area contributed by atoms with Crippen LogP contribution in [0.4, 0.5) is 12.9 Å². The van der Waals surface area contributed by atoms with Gasteiger partial charge in [0.1, 0.15) is 0 Å². The minimum Gasteiger partial charge on any atom is -0.466 e. The third-order valence-corrected chi connectivity index (χ3v) is 2.05. The Balaban J connectivity index is 4.32. The number of halogens is 3. The van der Waals surface area contributed by atoms with Gasteiger partial charge in [0.25, 0.3) is 0 Å². The molecule has 0 N–H and O–H groups in total.